The van der Waals surface area contributed by atoms with Gasteiger partial charge < -0.3 is 9.42 Å². The summed E-state index contributed by atoms with van der Waals surface area (Å²) >= 11 is 5.89. The molecule has 6 heteroatoms. The van der Waals surface area contributed by atoms with Crippen LogP contribution in [0.1, 0.15) is 24.8 Å². The van der Waals surface area contributed by atoms with Gasteiger partial charge in [0.15, 0.2) is 0 Å². The Morgan fingerprint density at radius 1 is 1.23 bits per heavy atom. The first kappa shape index (κ1) is 16.8. The van der Waals surface area contributed by atoms with Crippen LogP contribution in [0.2, 0.25) is 5.02 Å². The largest absolute Gasteiger partial charge is 0.339 e. The van der Waals surface area contributed by atoms with Gasteiger partial charge in [0.05, 0.1) is 0 Å². The molecule has 0 saturated carbocycles. The minimum absolute atomic E-state index is 0.0775. The second-order valence-corrected chi connectivity index (χ2v) is 6.90. The lowest BCUT2D eigenvalue weighted by atomic mass is 10.1. The Morgan fingerprint density at radius 2 is 2.00 bits per heavy atom. The van der Waals surface area contributed by atoms with Crippen LogP contribution in [0, 0.1) is 0 Å². The molecule has 3 aromatic rings. The number of nitrogens with zero attached hydrogens (tertiary/aromatic N) is 3. The first-order valence-corrected chi connectivity index (χ1v) is 8.98. The molecule has 1 aromatic heterocycles. The third-order valence-electron chi connectivity index (χ3n) is 4.60. The van der Waals surface area contributed by atoms with E-state index in [9.17, 15) is 4.79 Å². The number of carbonyl (C=O) groups is 1. The molecule has 0 fully saturated rings. The number of benzene rings is 2. The molecule has 0 radical (unpaired) electrons. The van der Waals surface area contributed by atoms with Gasteiger partial charge in [-0.25, -0.2) is 0 Å². The van der Waals surface area contributed by atoms with Crippen molar-refractivity contribution in [2.45, 2.75) is 32.2 Å². The fourth-order valence-corrected chi connectivity index (χ4v) is 3.48. The van der Waals surface area contributed by atoms with Crippen molar-refractivity contribution in [1.29, 1.82) is 0 Å². The van der Waals surface area contributed by atoms with Crippen molar-refractivity contribution in [3.8, 4) is 11.4 Å². The molecule has 4 rings (SSSR count). The molecule has 0 bridgehead atoms. The molecule has 0 saturated heterocycles. The summed E-state index contributed by atoms with van der Waals surface area (Å²) in [6.45, 7) is 2.07. The Hall–Kier alpha value is -2.66. The maximum absolute atomic E-state index is 12.7. The molecule has 2 heterocycles. The Kier molecular flexibility index (Phi) is 4.47. The van der Waals surface area contributed by atoms with Gasteiger partial charge >= 0.3 is 0 Å². The van der Waals surface area contributed by atoms with Crippen LogP contribution in [0.3, 0.4) is 0 Å². The Balaban J connectivity index is 1.43. The predicted molar refractivity (Wildman–Crippen MR) is 100 cm³/mol. The van der Waals surface area contributed by atoms with E-state index in [2.05, 4.69) is 23.1 Å². The predicted octanol–water partition coefficient (Wildman–Crippen LogP) is 4.30. The number of amides is 1. The SMILES string of the molecule is C[C@@H]1Cc2ccccc2N1C(=O)CCc1nc(-c2ccc(Cl)cc2)no1. The summed E-state index contributed by atoms with van der Waals surface area (Å²) in [7, 11) is 0. The van der Waals surface area contributed by atoms with Crippen LogP contribution < -0.4 is 4.90 Å². The number of anilines is 1. The standard InChI is InChI=1S/C20H18ClN3O2/c1-13-12-15-4-2-3-5-17(15)24(13)19(25)11-10-18-22-20(23-26-18)14-6-8-16(21)9-7-14/h2-9,13H,10-12H2,1H3/t13-/m1/s1. The normalized spacial score (nSPS) is 15.9. The number of hydrogen-bond donors (Lipinski definition) is 0. The van der Waals surface area contributed by atoms with Crippen molar-refractivity contribution in [3.05, 3.63) is 65.0 Å². The molecule has 1 aliphatic rings. The minimum atomic E-state index is 0.0775. The molecule has 1 amide bonds. The number of rotatable bonds is 4. The zero-order valence-electron chi connectivity index (χ0n) is 14.4. The van der Waals surface area contributed by atoms with Gasteiger partial charge in [-0.1, -0.05) is 35.0 Å². The molecule has 26 heavy (non-hydrogen) atoms. The summed E-state index contributed by atoms with van der Waals surface area (Å²) in [5, 5.41) is 4.64. The van der Waals surface area contributed by atoms with Crippen LogP contribution >= 0.6 is 11.6 Å². The van der Waals surface area contributed by atoms with Crippen LogP contribution in [0.5, 0.6) is 0 Å². The van der Waals surface area contributed by atoms with Crippen molar-refractivity contribution in [2.75, 3.05) is 4.90 Å². The van der Waals surface area contributed by atoms with E-state index in [1.54, 1.807) is 12.1 Å². The molecule has 1 aliphatic heterocycles. The van der Waals surface area contributed by atoms with Gasteiger partial charge in [-0.15, -0.1) is 0 Å². The number of halogens is 1. The Morgan fingerprint density at radius 3 is 2.81 bits per heavy atom. The average molecular weight is 368 g/mol. The highest BCUT2D eigenvalue weighted by Crippen LogP contribution is 2.32. The first-order valence-electron chi connectivity index (χ1n) is 8.60. The molecule has 0 spiro atoms. The molecule has 2 aromatic carbocycles. The number of hydrogen-bond acceptors (Lipinski definition) is 4. The van der Waals surface area contributed by atoms with E-state index in [0.717, 1.165) is 17.7 Å². The fourth-order valence-electron chi connectivity index (χ4n) is 3.35. The third-order valence-corrected chi connectivity index (χ3v) is 4.85. The fraction of sp³-hybridized carbons (Fsp3) is 0.250. The summed E-state index contributed by atoms with van der Waals surface area (Å²) in [4.78, 5) is 19.0. The topological polar surface area (TPSA) is 59.2 Å². The van der Waals surface area contributed by atoms with E-state index >= 15 is 0 Å². The van der Waals surface area contributed by atoms with E-state index in [-0.39, 0.29) is 11.9 Å². The number of carbonyl (C=O) groups excluding carboxylic acids is 1. The molecule has 1 atom stereocenters. The van der Waals surface area contributed by atoms with Crippen molar-refractivity contribution in [1.82, 2.24) is 10.1 Å². The lowest BCUT2D eigenvalue weighted by Gasteiger charge is -2.22. The number of aromatic nitrogens is 2. The van der Waals surface area contributed by atoms with Crippen molar-refractivity contribution in [3.63, 3.8) is 0 Å². The maximum Gasteiger partial charge on any atom is 0.227 e. The molecule has 132 valence electrons. The summed E-state index contributed by atoms with van der Waals surface area (Å²) in [6.07, 6.45) is 1.65. The molecule has 0 unspecified atom stereocenters. The smallest absolute Gasteiger partial charge is 0.227 e. The number of para-hydroxylation sites is 1. The average Bonchev–Trinajstić information content (AvgIpc) is 3.24. The third kappa shape index (κ3) is 3.22. The Bertz CT molecular complexity index is 936. The van der Waals surface area contributed by atoms with E-state index < -0.39 is 0 Å². The first-order chi connectivity index (χ1) is 12.6. The van der Waals surface area contributed by atoms with Crippen LogP contribution in [0.25, 0.3) is 11.4 Å². The monoisotopic (exact) mass is 367 g/mol. The zero-order valence-corrected chi connectivity index (χ0v) is 15.1. The van der Waals surface area contributed by atoms with Crippen LogP contribution in [0.15, 0.2) is 53.1 Å². The molecule has 0 aliphatic carbocycles. The number of fused-ring (bicyclic) bond motifs is 1. The number of aryl methyl sites for hydroxylation is 1. The minimum Gasteiger partial charge on any atom is -0.339 e. The second kappa shape index (κ2) is 6.92. The van der Waals surface area contributed by atoms with Crippen LogP contribution in [0.4, 0.5) is 5.69 Å². The zero-order chi connectivity index (χ0) is 18.1. The second-order valence-electron chi connectivity index (χ2n) is 6.46. The van der Waals surface area contributed by atoms with Gasteiger partial charge in [-0.2, -0.15) is 4.98 Å². The van der Waals surface area contributed by atoms with E-state index in [1.165, 1.54) is 5.56 Å². The van der Waals surface area contributed by atoms with Gasteiger partial charge in [-0.3, -0.25) is 4.79 Å². The van der Waals surface area contributed by atoms with Gasteiger partial charge in [0, 0.05) is 35.2 Å². The highest BCUT2D eigenvalue weighted by Gasteiger charge is 2.30. The lowest BCUT2D eigenvalue weighted by molar-refractivity contribution is -0.118. The lowest BCUT2D eigenvalue weighted by Crippen LogP contribution is -2.35. The van der Waals surface area contributed by atoms with Gasteiger partial charge in [0.2, 0.25) is 17.6 Å². The van der Waals surface area contributed by atoms with E-state index in [1.807, 2.05) is 35.2 Å². The molecule has 5 nitrogen and oxygen atoms in total. The van der Waals surface area contributed by atoms with E-state index in [0.29, 0.717) is 29.6 Å². The Labute approximate surface area is 156 Å². The molecular weight excluding hydrogens is 350 g/mol. The quantitative estimate of drug-likeness (QED) is 0.689. The summed E-state index contributed by atoms with van der Waals surface area (Å²) in [5.41, 5.74) is 3.06. The van der Waals surface area contributed by atoms with Crippen molar-refractivity contribution in [2.24, 2.45) is 0 Å². The maximum atomic E-state index is 12.7. The van der Waals surface area contributed by atoms with Gasteiger partial charge in [0.1, 0.15) is 0 Å². The van der Waals surface area contributed by atoms with Crippen LogP contribution in [-0.2, 0) is 17.6 Å². The van der Waals surface area contributed by atoms with E-state index in [4.69, 9.17) is 16.1 Å². The van der Waals surface area contributed by atoms with Crippen LogP contribution in [-0.4, -0.2) is 22.1 Å². The highest BCUT2D eigenvalue weighted by molar-refractivity contribution is 6.30. The van der Waals surface area contributed by atoms with Crippen molar-refractivity contribution >= 4 is 23.2 Å². The van der Waals surface area contributed by atoms with Gasteiger partial charge in [-0.05, 0) is 49.2 Å². The molecular formula is C20H18ClN3O2. The summed E-state index contributed by atoms with van der Waals surface area (Å²) in [5.74, 6) is 1.04. The van der Waals surface area contributed by atoms with Crippen molar-refractivity contribution < 1.29 is 9.32 Å². The van der Waals surface area contributed by atoms with Gasteiger partial charge in [0.25, 0.3) is 0 Å². The summed E-state index contributed by atoms with van der Waals surface area (Å²) < 4.78 is 5.29. The molecule has 0 N–H and O–H groups in total. The highest BCUT2D eigenvalue weighted by atomic mass is 35.5. The summed E-state index contributed by atoms with van der Waals surface area (Å²) in [6, 6.07) is 15.5.